The van der Waals surface area contributed by atoms with Crippen molar-refractivity contribution in [2.24, 2.45) is 0 Å². The van der Waals surface area contributed by atoms with Gasteiger partial charge in [0.2, 0.25) is 0 Å². The lowest BCUT2D eigenvalue weighted by molar-refractivity contribution is 0.472. The van der Waals surface area contributed by atoms with Gasteiger partial charge in [0.1, 0.15) is 5.75 Å². The predicted molar refractivity (Wildman–Crippen MR) is 82.5 cm³/mol. The van der Waals surface area contributed by atoms with Crippen molar-refractivity contribution in [2.75, 3.05) is 0 Å². The highest BCUT2D eigenvalue weighted by Gasteiger charge is 2.07. The first-order valence-corrected chi connectivity index (χ1v) is 7.19. The minimum atomic E-state index is 0.145. The molecule has 0 saturated heterocycles. The summed E-state index contributed by atoms with van der Waals surface area (Å²) in [6.45, 7) is 2.74. The highest BCUT2D eigenvalue weighted by Crippen LogP contribution is 2.23. The molecule has 1 unspecified atom stereocenters. The number of benzene rings is 2. The highest BCUT2D eigenvalue weighted by molar-refractivity contribution is 9.10. The summed E-state index contributed by atoms with van der Waals surface area (Å²) < 4.78 is 0.974. The molecule has 0 aliphatic heterocycles. The maximum atomic E-state index is 9.47. The van der Waals surface area contributed by atoms with Crippen molar-refractivity contribution < 1.29 is 5.11 Å². The van der Waals surface area contributed by atoms with Crippen molar-refractivity contribution in [3.8, 4) is 5.75 Å². The van der Waals surface area contributed by atoms with E-state index in [1.165, 1.54) is 0 Å². The van der Waals surface area contributed by atoms with E-state index in [2.05, 4.69) is 28.2 Å². The number of phenols is 1. The molecule has 0 radical (unpaired) electrons. The molecule has 0 saturated carbocycles. The smallest absolute Gasteiger partial charge is 0.115 e. The second-order valence-electron chi connectivity index (χ2n) is 4.43. The molecule has 2 rings (SSSR count). The van der Waals surface area contributed by atoms with Crippen LogP contribution in [-0.2, 0) is 6.54 Å². The second-order valence-corrected chi connectivity index (χ2v) is 5.76. The summed E-state index contributed by atoms with van der Waals surface area (Å²) in [6, 6.07) is 13.3. The zero-order valence-corrected chi connectivity index (χ0v) is 12.9. The normalized spacial score (nSPS) is 12.4. The number of halogens is 2. The standard InChI is InChI=1S/C15H15BrClNO/c1-10(11-3-2-4-14(19)7-11)18-9-12-5-6-13(16)8-15(12)17/h2-8,10,18-19H,9H2,1H3. The number of hydrogen-bond acceptors (Lipinski definition) is 2. The van der Waals surface area contributed by atoms with Crippen LogP contribution in [0.2, 0.25) is 5.02 Å². The SMILES string of the molecule is CC(NCc1ccc(Br)cc1Cl)c1cccc(O)c1. The molecule has 0 aliphatic carbocycles. The van der Waals surface area contributed by atoms with Gasteiger partial charge in [0, 0.05) is 22.1 Å². The minimum Gasteiger partial charge on any atom is -0.508 e. The molecule has 19 heavy (non-hydrogen) atoms. The Morgan fingerprint density at radius 1 is 1.26 bits per heavy atom. The van der Waals surface area contributed by atoms with Crippen molar-refractivity contribution >= 4 is 27.5 Å². The Morgan fingerprint density at radius 3 is 2.74 bits per heavy atom. The van der Waals surface area contributed by atoms with Crippen LogP contribution in [0.3, 0.4) is 0 Å². The molecule has 2 nitrogen and oxygen atoms in total. The number of aromatic hydroxyl groups is 1. The molecule has 2 N–H and O–H groups in total. The third-order valence-corrected chi connectivity index (χ3v) is 3.83. The van der Waals surface area contributed by atoms with Gasteiger partial charge in [0.25, 0.3) is 0 Å². The first-order chi connectivity index (χ1) is 9.06. The Hall–Kier alpha value is -1.03. The van der Waals surface area contributed by atoms with Gasteiger partial charge < -0.3 is 10.4 Å². The monoisotopic (exact) mass is 339 g/mol. The summed E-state index contributed by atoms with van der Waals surface area (Å²) in [5.74, 6) is 0.285. The van der Waals surface area contributed by atoms with Gasteiger partial charge in [-0.25, -0.2) is 0 Å². The predicted octanol–water partition coefficient (Wildman–Crippen LogP) is 4.66. The molecule has 0 spiro atoms. The van der Waals surface area contributed by atoms with Crippen LogP contribution in [0.1, 0.15) is 24.1 Å². The van der Waals surface area contributed by atoms with Crippen LogP contribution in [0.15, 0.2) is 46.9 Å². The van der Waals surface area contributed by atoms with Gasteiger partial charge >= 0.3 is 0 Å². The average Bonchev–Trinajstić information content (AvgIpc) is 2.37. The molecule has 0 amide bonds. The van der Waals surface area contributed by atoms with Crippen LogP contribution < -0.4 is 5.32 Å². The number of phenolic OH excluding ortho intramolecular Hbond substituents is 1. The number of hydrogen-bond donors (Lipinski definition) is 2. The van der Waals surface area contributed by atoms with E-state index >= 15 is 0 Å². The average molecular weight is 341 g/mol. The summed E-state index contributed by atoms with van der Waals surface area (Å²) in [5, 5.41) is 13.6. The van der Waals surface area contributed by atoms with Gasteiger partial charge in [-0.05, 0) is 42.3 Å². The first-order valence-electron chi connectivity index (χ1n) is 6.02. The molecular formula is C15H15BrClNO. The Labute approximate surface area is 126 Å². The fraction of sp³-hybridized carbons (Fsp3) is 0.200. The summed E-state index contributed by atoms with van der Waals surface area (Å²) >= 11 is 9.56. The number of rotatable bonds is 4. The van der Waals surface area contributed by atoms with Gasteiger partial charge in [-0.3, -0.25) is 0 Å². The fourth-order valence-electron chi connectivity index (χ4n) is 1.84. The third-order valence-electron chi connectivity index (χ3n) is 2.98. The van der Waals surface area contributed by atoms with Crippen molar-refractivity contribution in [2.45, 2.75) is 19.5 Å². The zero-order chi connectivity index (χ0) is 13.8. The van der Waals surface area contributed by atoms with E-state index < -0.39 is 0 Å². The Bertz CT molecular complexity index is 574. The van der Waals surface area contributed by atoms with Crippen molar-refractivity contribution in [1.82, 2.24) is 5.32 Å². The molecule has 100 valence electrons. The van der Waals surface area contributed by atoms with Crippen molar-refractivity contribution in [1.29, 1.82) is 0 Å². The molecule has 4 heteroatoms. The quantitative estimate of drug-likeness (QED) is 0.848. The molecule has 0 heterocycles. The first kappa shape index (κ1) is 14.4. The topological polar surface area (TPSA) is 32.3 Å². The molecular weight excluding hydrogens is 326 g/mol. The zero-order valence-electron chi connectivity index (χ0n) is 10.5. The maximum Gasteiger partial charge on any atom is 0.115 e. The van der Waals surface area contributed by atoms with Crippen LogP contribution in [0.4, 0.5) is 0 Å². The summed E-state index contributed by atoms with van der Waals surface area (Å²) in [6.07, 6.45) is 0. The Balaban J connectivity index is 2.02. The van der Waals surface area contributed by atoms with Gasteiger partial charge in [-0.2, -0.15) is 0 Å². The third kappa shape index (κ3) is 3.96. The summed E-state index contributed by atoms with van der Waals surface area (Å²) in [4.78, 5) is 0. The Kier molecular flexibility index (Phi) is 4.86. The molecule has 0 fully saturated rings. The lowest BCUT2D eigenvalue weighted by Crippen LogP contribution is -2.18. The second kappa shape index (κ2) is 6.42. The van der Waals surface area contributed by atoms with Crippen LogP contribution >= 0.6 is 27.5 Å². The van der Waals surface area contributed by atoms with Crippen LogP contribution in [0, 0.1) is 0 Å². The van der Waals surface area contributed by atoms with E-state index in [1.807, 2.05) is 30.3 Å². The van der Waals surface area contributed by atoms with E-state index in [-0.39, 0.29) is 11.8 Å². The van der Waals surface area contributed by atoms with E-state index in [0.29, 0.717) is 6.54 Å². The molecule has 1 atom stereocenters. The van der Waals surface area contributed by atoms with Crippen LogP contribution in [0.25, 0.3) is 0 Å². The fourth-order valence-corrected chi connectivity index (χ4v) is 2.58. The van der Waals surface area contributed by atoms with Crippen molar-refractivity contribution in [3.63, 3.8) is 0 Å². The minimum absolute atomic E-state index is 0.145. The van der Waals surface area contributed by atoms with Gasteiger partial charge in [0.05, 0.1) is 0 Å². The van der Waals surface area contributed by atoms with Crippen molar-refractivity contribution in [3.05, 3.63) is 63.1 Å². The van der Waals surface area contributed by atoms with Gasteiger partial charge in [-0.15, -0.1) is 0 Å². The van der Waals surface area contributed by atoms with E-state index in [1.54, 1.807) is 12.1 Å². The Morgan fingerprint density at radius 2 is 2.05 bits per heavy atom. The lowest BCUT2D eigenvalue weighted by atomic mass is 10.1. The molecule has 0 bridgehead atoms. The molecule has 0 aliphatic rings. The van der Waals surface area contributed by atoms with Gasteiger partial charge in [-0.1, -0.05) is 45.7 Å². The molecule has 0 aromatic heterocycles. The molecule has 2 aromatic rings. The van der Waals surface area contributed by atoms with E-state index in [0.717, 1.165) is 20.6 Å². The summed E-state index contributed by atoms with van der Waals surface area (Å²) in [7, 11) is 0. The van der Waals surface area contributed by atoms with E-state index in [4.69, 9.17) is 11.6 Å². The largest absolute Gasteiger partial charge is 0.508 e. The summed E-state index contributed by atoms with van der Waals surface area (Å²) in [5.41, 5.74) is 2.10. The maximum absolute atomic E-state index is 9.47. The van der Waals surface area contributed by atoms with Gasteiger partial charge in [0.15, 0.2) is 0 Å². The van der Waals surface area contributed by atoms with E-state index in [9.17, 15) is 5.11 Å². The van der Waals surface area contributed by atoms with Crippen LogP contribution in [-0.4, -0.2) is 5.11 Å². The highest BCUT2D eigenvalue weighted by atomic mass is 79.9. The van der Waals surface area contributed by atoms with Crippen LogP contribution in [0.5, 0.6) is 5.75 Å². The lowest BCUT2D eigenvalue weighted by Gasteiger charge is -2.15. The number of nitrogens with one attached hydrogen (secondary N) is 1. The molecule has 2 aromatic carbocycles.